The maximum atomic E-state index is 9.11. The van der Waals surface area contributed by atoms with Crippen LogP contribution in [0.3, 0.4) is 0 Å². The summed E-state index contributed by atoms with van der Waals surface area (Å²) >= 11 is 3.58. The quantitative estimate of drug-likeness (QED) is 0.866. The van der Waals surface area contributed by atoms with Crippen LogP contribution in [0, 0.1) is 18.3 Å². The van der Waals surface area contributed by atoms with Crippen LogP contribution in [0.4, 0.5) is 5.69 Å². The van der Waals surface area contributed by atoms with Gasteiger partial charge in [0.05, 0.1) is 11.8 Å². The summed E-state index contributed by atoms with van der Waals surface area (Å²) in [6.07, 6.45) is 1.74. The van der Waals surface area contributed by atoms with E-state index in [4.69, 9.17) is 11.0 Å². The van der Waals surface area contributed by atoms with Crippen LogP contribution in [-0.4, -0.2) is 18.6 Å². The molecule has 2 rings (SSSR count). The lowest BCUT2D eigenvalue weighted by molar-refractivity contribution is 0.424. The minimum absolute atomic E-state index is 0.602. The zero-order valence-electron chi connectivity index (χ0n) is 9.91. The van der Waals surface area contributed by atoms with Crippen LogP contribution in [0.25, 0.3) is 0 Å². The molecule has 2 N–H and O–H groups in total. The molecule has 1 aromatic rings. The summed E-state index contributed by atoms with van der Waals surface area (Å²) in [6, 6.07) is 8.49. The summed E-state index contributed by atoms with van der Waals surface area (Å²) < 4.78 is 1.07. The molecular weight excluding hydrogens is 278 g/mol. The fourth-order valence-electron chi connectivity index (χ4n) is 2.25. The van der Waals surface area contributed by atoms with Gasteiger partial charge in [-0.2, -0.15) is 5.26 Å². The molecule has 1 saturated heterocycles. The van der Waals surface area contributed by atoms with E-state index in [9.17, 15) is 0 Å². The third kappa shape index (κ3) is 2.62. The molecule has 1 fully saturated rings. The van der Waals surface area contributed by atoms with Crippen molar-refractivity contribution in [1.29, 1.82) is 5.26 Å². The van der Waals surface area contributed by atoms with E-state index >= 15 is 0 Å². The Balaban J connectivity index is 2.26. The Morgan fingerprint density at radius 3 is 2.94 bits per heavy atom. The smallest absolute Gasteiger partial charge is 0.121 e. The minimum atomic E-state index is -0.706. The van der Waals surface area contributed by atoms with Gasteiger partial charge in [0, 0.05) is 17.6 Å². The van der Waals surface area contributed by atoms with Crippen LogP contribution in [0.5, 0.6) is 0 Å². The number of anilines is 1. The number of hydrogen-bond donors (Lipinski definition) is 1. The van der Waals surface area contributed by atoms with Gasteiger partial charge in [0.2, 0.25) is 0 Å². The van der Waals surface area contributed by atoms with Crippen molar-refractivity contribution in [2.75, 3.05) is 18.0 Å². The monoisotopic (exact) mass is 293 g/mol. The lowest BCUT2D eigenvalue weighted by atomic mass is 9.91. The van der Waals surface area contributed by atoms with Gasteiger partial charge in [0.15, 0.2) is 0 Å². The predicted octanol–water partition coefficient (Wildman–Crippen LogP) is 2.58. The van der Waals surface area contributed by atoms with Gasteiger partial charge in [0.1, 0.15) is 5.54 Å². The summed E-state index contributed by atoms with van der Waals surface area (Å²) in [4.78, 5) is 2.19. The SMILES string of the molecule is Cc1ccc(N2CCCC(N)(C#N)C2)c(Br)c1. The number of hydrogen-bond acceptors (Lipinski definition) is 3. The van der Waals surface area contributed by atoms with Crippen molar-refractivity contribution >= 4 is 21.6 Å². The minimum Gasteiger partial charge on any atom is -0.368 e. The highest BCUT2D eigenvalue weighted by Gasteiger charge is 2.32. The zero-order chi connectivity index (χ0) is 12.5. The molecule has 1 heterocycles. The first-order chi connectivity index (χ1) is 8.04. The lowest BCUT2D eigenvalue weighted by Gasteiger charge is -2.37. The molecule has 90 valence electrons. The molecule has 3 nitrogen and oxygen atoms in total. The van der Waals surface area contributed by atoms with E-state index in [2.05, 4.69) is 52.0 Å². The van der Waals surface area contributed by atoms with Gasteiger partial charge >= 0.3 is 0 Å². The zero-order valence-corrected chi connectivity index (χ0v) is 11.5. The molecule has 1 atom stereocenters. The molecule has 4 heteroatoms. The Morgan fingerprint density at radius 2 is 2.29 bits per heavy atom. The summed E-state index contributed by atoms with van der Waals surface area (Å²) in [7, 11) is 0. The second-order valence-electron chi connectivity index (χ2n) is 4.75. The summed E-state index contributed by atoms with van der Waals surface area (Å²) in [6.45, 7) is 3.63. The molecule has 1 aliphatic heterocycles. The number of aryl methyl sites for hydroxylation is 1. The van der Waals surface area contributed by atoms with E-state index in [-0.39, 0.29) is 0 Å². The first kappa shape index (κ1) is 12.4. The van der Waals surface area contributed by atoms with Crippen LogP contribution in [0.1, 0.15) is 18.4 Å². The highest BCUT2D eigenvalue weighted by atomic mass is 79.9. The Hall–Kier alpha value is -1.05. The van der Waals surface area contributed by atoms with E-state index in [0.29, 0.717) is 6.54 Å². The van der Waals surface area contributed by atoms with Gasteiger partial charge in [-0.1, -0.05) is 6.07 Å². The molecule has 0 aliphatic carbocycles. The van der Waals surface area contributed by atoms with Crippen molar-refractivity contribution in [1.82, 2.24) is 0 Å². The Labute approximate surface area is 110 Å². The Bertz CT molecular complexity index is 466. The Morgan fingerprint density at radius 1 is 1.53 bits per heavy atom. The maximum Gasteiger partial charge on any atom is 0.121 e. The summed E-state index contributed by atoms with van der Waals surface area (Å²) in [5, 5.41) is 9.11. The Kier molecular flexibility index (Phi) is 3.41. The molecular formula is C13H16BrN3. The number of rotatable bonds is 1. The molecule has 0 bridgehead atoms. The van der Waals surface area contributed by atoms with Crippen LogP contribution >= 0.6 is 15.9 Å². The lowest BCUT2D eigenvalue weighted by Crippen LogP contribution is -2.53. The summed E-state index contributed by atoms with van der Waals surface area (Å²) in [5.74, 6) is 0. The summed E-state index contributed by atoms with van der Waals surface area (Å²) in [5.41, 5.74) is 7.69. The van der Waals surface area contributed by atoms with Gasteiger partial charge in [-0.05, 0) is 53.4 Å². The number of nitriles is 1. The van der Waals surface area contributed by atoms with Crippen molar-refractivity contribution in [3.8, 4) is 6.07 Å². The number of benzene rings is 1. The highest BCUT2D eigenvalue weighted by molar-refractivity contribution is 9.10. The average molecular weight is 294 g/mol. The van der Waals surface area contributed by atoms with E-state index in [1.54, 1.807) is 0 Å². The van der Waals surface area contributed by atoms with Crippen molar-refractivity contribution in [3.05, 3.63) is 28.2 Å². The molecule has 17 heavy (non-hydrogen) atoms. The van der Waals surface area contributed by atoms with Crippen molar-refractivity contribution in [2.45, 2.75) is 25.3 Å². The van der Waals surface area contributed by atoms with Crippen LogP contribution in [0.2, 0.25) is 0 Å². The third-order valence-electron chi connectivity index (χ3n) is 3.19. The molecule has 0 radical (unpaired) electrons. The largest absolute Gasteiger partial charge is 0.368 e. The highest BCUT2D eigenvalue weighted by Crippen LogP contribution is 2.31. The predicted molar refractivity (Wildman–Crippen MR) is 72.9 cm³/mol. The molecule has 1 unspecified atom stereocenters. The van der Waals surface area contributed by atoms with Crippen molar-refractivity contribution < 1.29 is 0 Å². The van der Waals surface area contributed by atoms with Gasteiger partial charge < -0.3 is 10.6 Å². The third-order valence-corrected chi connectivity index (χ3v) is 3.83. The van der Waals surface area contributed by atoms with Crippen LogP contribution < -0.4 is 10.6 Å². The first-order valence-corrected chi connectivity index (χ1v) is 6.55. The molecule has 0 spiro atoms. The van der Waals surface area contributed by atoms with Crippen molar-refractivity contribution in [2.24, 2.45) is 5.73 Å². The number of halogens is 1. The molecule has 1 aliphatic rings. The number of nitrogens with two attached hydrogens (primary N) is 1. The van der Waals surface area contributed by atoms with Gasteiger partial charge in [-0.3, -0.25) is 0 Å². The van der Waals surface area contributed by atoms with Crippen LogP contribution in [-0.2, 0) is 0 Å². The first-order valence-electron chi connectivity index (χ1n) is 5.75. The fraction of sp³-hybridized carbons (Fsp3) is 0.462. The molecule has 0 amide bonds. The average Bonchev–Trinajstić information content (AvgIpc) is 2.29. The second-order valence-corrected chi connectivity index (χ2v) is 5.60. The molecule has 0 saturated carbocycles. The van der Waals surface area contributed by atoms with E-state index < -0.39 is 5.54 Å². The van der Waals surface area contributed by atoms with E-state index in [0.717, 1.165) is 29.5 Å². The topological polar surface area (TPSA) is 53.0 Å². The van der Waals surface area contributed by atoms with Gasteiger partial charge in [0.25, 0.3) is 0 Å². The maximum absolute atomic E-state index is 9.11. The fourth-order valence-corrected chi connectivity index (χ4v) is 2.99. The number of piperidine rings is 1. The second kappa shape index (κ2) is 4.67. The molecule has 1 aromatic carbocycles. The van der Waals surface area contributed by atoms with Gasteiger partial charge in [-0.25, -0.2) is 0 Å². The van der Waals surface area contributed by atoms with Gasteiger partial charge in [-0.15, -0.1) is 0 Å². The van der Waals surface area contributed by atoms with Crippen molar-refractivity contribution in [3.63, 3.8) is 0 Å². The normalized spacial score (nSPS) is 24.5. The van der Waals surface area contributed by atoms with E-state index in [1.165, 1.54) is 5.56 Å². The molecule has 0 aromatic heterocycles. The van der Waals surface area contributed by atoms with E-state index in [1.807, 2.05) is 0 Å². The number of nitrogens with zero attached hydrogens (tertiary/aromatic N) is 2. The standard InChI is InChI=1S/C13H16BrN3/c1-10-3-4-12(11(14)7-10)17-6-2-5-13(16,8-15)9-17/h3-4,7H,2,5-6,9,16H2,1H3. The van der Waals surface area contributed by atoms with Crippen LogP contribution in [0.15, 0.2) is 22.7 Å².